The normalized spacial score (nSPS) is 17.0. The Morgan fingerprint density at radius 1 is 1.15 bits per heavy atom. The van der Waals surface area contributed by atoms with Crippen molar-refractivity contribution in [3.05, 3.63) is 35.6 Å². The van der Waals surface area contributed by atoms with Crippen LogP contribution in [0.4, 0.5) is 4.39 Å². The Bertz CT molecular complexity index is 601. The number of carbonyl (C=O) groups is 2. The van der Waals surface area contributed by atoms with E-state index in [9.17, 15) is 14.0 Å². The first-order valence-corrected chi connectivity index (χ1v) is 9.34. The van der Waals surface area contributed by atoms with Crippen molar-refractivity contribution < 1.29 is 23.5 Å². The molecule has 1 atom stereocenters. The third kappa shape index (κ3) is 6.59. The molecule has 2 amide bonds. The fraction of sp³-hybridized carbons (Fsp3) is 0.600. The Labute approximate surface area is 160 Å². The molecule has 6 nitrogen and oxygen atoms in total. The number of halogens is 1. The minimum absolute atomic E-state index is 0.0283. The molecule has 0 spiro atoms. The highest BCUT2D eigenvalue weighted by Crippen LogP contribution is 2.20. The zero-order chi connectivity index (χ0) is 19.6. The average molecular weight is 380 g/mol. The number of hydrogen-bond acceptors (Lipinski definition) is 4. The first-order chi connectivity index (χ1) is 13.0. The van der Waals surface area contributed by atoms with Gasteiger partial charge in [0.25, 0.3) is 0 Å². The van der Waals surface area contributed by atoms with Gasteiger partial charge in [0.2, 0.25) is 11.8 Å². The lowest BCUT2D eigenvalue weighted by atomic mass is 9.95. The molecule has 0 aromatic heterocycles. The van der Waals surface area contributed by atoms with E-state index in [1.54, 1.807) is 36.2 Å². The number of carbonyl (C=O) groups excluding carboxylic acids is 2. The van der Waals surface area contributed by atoms with E-state index < -0.39 is 0 Å². The summed E-state index contributed by atoms with van der Waals surface area (Å²) in [5.74, 6) is -0.505. The standard InChI is InChI=1S/C20H29FN2O4/c1-26-12-10-22(11-13-27-2)20(25)17-4-3-9-23(15-17)19(24)14-16-5-7-18(21)8-6-16/h5-8,17H,3-4,9-15H2,1-2H3. The molecule has 1 fully saturated rings. The molecule has 1 aromatic rings. The second-order valence-electron chi connectivity index (χ2n) is 6.79. The third-order valence-electron chi connectivity index (χ3n) is 4.83. The van der Waals surface area contributed by atoms with Crippen LogP contribution in [-0.4, -0.2) is 75.2 Å². The van der Waals surface area contributed by atoms with Crippen LogP contribution in [-0.2, 0) is 25.5 Å². The van der Waals surface area contributed by atoms with Gasteiger partial charge in [-0.15, -0.1) is 0 Å². The van der Waals surface area contributed by atoms with Crippen molar-refractivity contribution in [2.24, 2.45) is 5.92 Å². The van der Waals surface area contributed by atoms with Crippen molar-refractivity contribution in [2.45, 2.75) is 19.3 Å². The van der Waals surface area contributed by atoms with E-state index in [2.05, 4.69) is 0 Å². The maximum Gasteiger partial charge on any atom is 0.227 e. The van der Waals surface area contributed by atoms with Crippen LogP contribution in [0, 0.1) is 11.7 Å². The molecule has 7 heteroatoms. The summed E-state index contributed by atoms with van der Waals surface area (Å²) in [6.45, 7) is 3.04. The summed E-state index contributed by atoms with van der Waals surface area (Å²) in [7, 11) is 3.21. The lowest BCUT2D eigenvalue weighted by Crippen LogP contribution is -2.48. The largest absolute Gasteiger partial charge is 0.383 e. The molecule has 1 aliphatic heterocycles. The minimum atomic E-state index is -0.318. The summed E-state index contributed by atoms with van der Waals surface area (Å²) in [4.78, 5) is 29.0. The maximum atomic E-state index is 13.0. The molecule has 0 saturated carbocycles. The van der Waals surface area contributed by atoms with Gasteiger partial charge in [-0.25, -0.2) is 4.39 Å². The molecule has 1 heterocycles. The number of rotatable bonds is 9. The van der Waals surface area contributed by atoms with E-state index >= 15 is 0 Å². The molecular formula is C20H29FN2O4. The van der Waals surface area contributed by atoms with Gasteiger partial charge in [0.15, 0.2) is 0 Å². The molecule has 150 valence electrons. The Kier molecular flexibility index (Phi) is 8.67. The molecule has 1 aromatic carbocycles. The van der Waals surface area contributed by atoms with Crippen molar-refractivity contribution in [3.8, 4) is 0 Å². The summed E-state index contributed by atoms with van der Waals surface area (Å²) in [6, 6.07) is 5.96. The quantitative estimate of drug-likeness (QED) is 0.655. The molecule has 27 heavy (non-hydrogen) atoms. The van der Waals surface area contributed by atoms with Gasteiger partial charge in [-0.2, -0.15) is 0 Å². The Morgan fingerprint density at radius 2 is 1.78 bits per heavy atom. The highest BCUT2D eigenvalue weighted by atomic mass is 19.1. The summed E-state index contributed by atoms with van der Waals surface area (Å²) in [6.07, 6.45) is 1.79. The number of nitrogens with zero attached hydrogens (tertiary/aromatic N) is 2. The van der Waals surface area contributed by atoms with Crippen LogP contribution in [0.5, 0.6) is 0 Å². The van der Waals surface area contributed by atoms with Gasteiger partial charge in [0.05, 0.1) is 25.6 Å². The highest BCUT2D eigenvalue weighted by Gasteiger charge is 2.31. The fourth-order valence-electron chi connectivity index (χ4n) is 3.29. The van der Waals surface area contributed by atoms with Crippen molar-refractivity contribution >= 4 is 11.8 Å². The van der Waals surface area contributed by atoms with Crippen molar-refractivity contribution in [3.63, 3.8) is 0 Å². The molecule has 0 N–H and O–H groups in total. The summed E-state index contributed by atoms with van der Waals surface area (Å²) < 4.78 is 23.2. The van der Waals surface area contributed by atoms with Crippen molar-refractivity contribution in [1.82, 2.24) is 9.80 Å². The first kappa shape index (κ1) is 21.3. The molecule has 0 aliphatic carbocycles. The average Bonchev–Trinajstić information content (AvgIpc) is 2.69. The van der Waals surface area contributed by atoms with Gasteiger partial charge >= 0.3 is 0 Å². The minimum Gasteiger partial charge on any atom is -0.383 e. The van der Waals surface area contributed by atoms with E-state index in [0.29, 0.717) is 39.4 Å². The van der Waals surface area contributed by atoms with Crippen molar-refractivity contribution in [2.75, 3.05) is 53.6 Å². The predicted molar refractivity (Wildman–Crippen MR) is 99.7 cm³/mol. The van der Waals surface area contributed by atoms with Gasteiger partial charge < -0.3 is 19.3 Å². The molecule has 1 unspecified atom stereocenters. The molecule has 1 aliphatic rings. The van der Waals surface area contributed by atoms with Crippen LogP contribution < -0.4 is 0 Å². The zero-order valence-corrected chi connectivity index (χ0v) is 16.2. The lowest BCUT2D eigenvalue weighted by Gasteiger charge is -2.35. The van der Waals surface area contributed by atoms with Crippen LogP contribution >= 0.6 is 0 Å². The van der Waals surface area contributed by atoms with Crippen LogP contribution in [0.25, 0.3) is 0 Å². The van der Waals surface area contributed by atoms with Crippen LogP contribution in [0.1, 0.15) is 18.4 Å². The van der Waals surface area contributed by atoms with E-state index in [4.69, 9.17) is 9.47 Å². The van der Waals surface area contributed by atoms with Gasteiger partial charge in [-0.1, -0.05) is 12.1 Å². The zero-order valence-electron chi connectivity index (χ0n) is 16.2. The van der Waals surface area contributed by atoms with Gasteiger partial charge in [0.1, 0.15) is 5.82 Å². The van der Waals surface area contributed by atoms with Crippen LogP contribution in [0.3, 0.4) is 0 Å². The number of amides is 2. The maximum absolute atomic E-state index is 13.0. The Morgan fingerprint density at radius 3 is 2.37 bits per heavy atom. The number of ether oxygens (including phenoxy) is 2. The molecular weight excluding hydrogens is 351 g/mol. The Balaban J connectivity index is 1.94. The number of benzene rings is 1. The van der Waals surface area contributed by atoms with Gasteiger partial charge in [-0.3, -0.25) is 9.59 Å². The smallest absolute Gasteiger partial charge is 0.227 e. The van der Waals surface area contributed by atoms with E-state index in [0.717, 1.165) is 18.4 Å². The topological polar surface area (TPSA) is 59.1 Å². The summed E-state index contributed by atoms with van der Waals surface area (Å²) in [5, 5.41) is 0. The number of piperidine rings is 1. The first-order valence-electron chi connectivity index (χ1n) is 9.34. The highest BCUT2D eigenvalue weighted by molar-refractivity contribution is 5.82. The number of likely N-dealkylation sites (tertiary alicyclic amines) is 1. The Hall–Kier alpha value is -1.99. The molecule has 0 bridgehead atoms. The van der Waals surface area contributed by atoms with E-state index in [1.807, 2.05) is 0 Å². The van der Waals surface area contributed by atoms with Gasteiger partial charge in [0, 0.05) is 40.4 Å². The van der Waals surface area contributed by atoms with Gasteiger partial charge in [-0.05, 0) is 30.5 Å². The van der Waals surface area contributed by atoms with E-state index in [-0.39, 0.29) is 30.0 Å². The number of methoxy groups -OCH3 is 2. The summed E-state index contributed by atoms with van der Waals surface area (Å²) in [5.41, 5.74) is 0.775. The molecule has 2 rings (SSSR count). The monoisotopic (exact) mass is 380 g/mol. The molecule has 0 radical (unpaired) electrons. The van der Waals surface area contributed by atoms with Crippen LogP contribution in [0.15, 0.2) is 24.3 Å². The van der Waals surface area contributed by atoms with E-state index in [1.165, 1.54) is 12.1 Å². The van der Waals surface area contributed by atoms with Crippen molar-refractivity contribution in [1.29, 1.82) is 0 Å². The number of hydrogen-bond donors (Lipinski definition) is 0. The van der Waals surface area contributed by atoms with Crippen LogP contribution in [0.2, 0.25) is 0 Å². The summed E-state index contributed by atoms with van der Waals surface area (Å²) >= 11 is 0. The second kappa shape index (κ2) is 11.0. The predicted octanol–water partition coefficient (Wildman–Crippen LogP) is 1.73. The fourth-order valence-corrected chi connectivity index (χ4v) is 3.29. The lowest BCUT2D eigenvalue weighted by molar-refractivity contribution is -0.141. The molecule has 1 saturated heterocycles. The SMILES string of the molecule is COCCN(CCOC)C(=O)C1CCCN(C(=O)Cc2ccc(F)cc2)C1. The second-order valence-corrected chi connectivity index (χ2v) is 6.79. The third-order valence-corrected chi connectivity index (χ3v) is 4.83.